The lowest BCUT2D eigenvalue weighted by Gasteiger charge is -2.20. The minimum atomic E-state index is -0.903. The number of rotatable bonds is 7. The summed E-state index contributed by atoms with van der Waals surface area (Å²) in [6, 6.07) is 5.99. The van der Waals surface area contributed by atoms with Crippen molar-refractivity contribution in [1.29, 1.82) is 0 Å². The SMILES string of the molecule is CCOC(=O)C(CC(=O)N1CCOC1=O)Nc1ccc(OC)cc1. The Bertz CT molecular complexity index is 601. The van der Waals surface area contributed by atoms with E-state index in [0.717, 1.165) is 4.90 Å². The Morgan fingerprint density at radius 2 is 2.04 bits per heavy atom. The second-order valence-corrected chi connectivity index (χ2v) is 5.04. The number of hydrogen-bond donors (Lipinski definition) is 1. The molecule has 24 heavy (non-hydrogen) atoms. The third-order valence-electron chi connectivity index (χ3n) is 3.44. The molecule has 1 aliphatic rings. The van der Waals surface area contributed by atoms with Gasteiger partial charge in [0.15, 0.2) is 0 Å². The second kappa shape index (κ2) is 8.19. The van der Waals surface area contributed by atoms with E-state index in [-0.39, 0.29) is 26.2 Å². The van der Waals surface area contributed by atoms with Crippen molar-refractivity contribution >= 4 is 23.7 Å². The molecule has 1 atom stereocenters. The predicted molar refractivity (Wildman–Crippen MR) is 84.7 cm³/mol. The van der Waals surface area contributed by atoms with Crippen LogP contribution in [0.5, 0.6) is 5.75 Å². The van der Waals surface area contributed by atoms with Crippen LogP contribution in [0.2, 0.25) is 0 Å². The monoisotopic (exact) mass is 336 g/mol. The van der Waals surface area contributed by atoms with E-state index in [2.05, 4.69) is 5.32 Å². The van der Waals surface area contributed by atoms with Crippen molar-refractivity contribution in [1.82, 2.24) is 4.90 Å². The number of anilines is 1. The number of methoxy groups -OCH3 is 1. The molecule has 0 aromatic heterocycles. The first-order valence-electron chi connectivity index (χ1n) is 7.59. The van der Waals surface area contributed by atoms with Gasteiger partial charge in [0.1, 0.15) is 18.4 Å². The number of carbonyl (C=O) groups is 3. The lowest BCUT2D eigenvalue weighted by molar-refractivity contribution is -0.146. The maximum atomic E-state index is 12.2. The van der Waals surface area contributed by atoms with Gasteiger partial charge in [-0.3, -0.25) is 4.79 Å². The molecule has 1 heterocycles. The molecule has 8 heteroatoms. The molecule has 1 saturated heterocycles. The van der Waals surface area contributed by atoms with Gasteiger partial charge in [0.25, 0.3) is 0 Å². The number of benzene rings is 1. The van der Waals surface area contributed by atoms with Gasteiger partial charge < -0.3 is 19.5 Å². The Balaban J connectivity index is 2.07. The van der Waals surface area contributed by atoms with Crippen molar-refractivity contribution in [2.45, 2.75) is 19.4 Å². The van der Waals surface area contributed by atoms with Crippen LogP contribution in [0.15, 0.2) is 24.3 Å². The molecule has 1 fully saturated rings. The van der Waals surface area contributed by atoms with E-state index in [1.807, 2.05) is 0 Å². The molecule has 2 rings (SSSR count). The summed E-state index contributed by atoms with van der Waals surface area (Å²) in [5.74, 6) is -0.380. The summed E-state index contributed by atoms with van der Waals surface area (Å²) in [6.07, 6.45) is -0.896. The van der Waals surface area contributed by atoms with Crippen LogP contribution in [0.1, 0.15) is 13.3 Å². The maximum Gasteiger partial charge on any atom is 0.416 e. The van der Waals surface area contributed by atoms with Crippen LogP contribution in [0.4, 0.5) is 10.5 Å². The van der Waals surface area contributed by atoms with Crippen LogP contribution >= 0.6 is 0 Å². The molecule has 2 amide bonds. The van der Waals surface area contributed by atoms with Gasteiger partial charge in [-0.25, -0.2) is 14.5 Å². The third-order valence-corrected chi connectivity index (χ3v) is 3.44. The lowest BCUT2D eigenvalue weighted by Crippen LogP contribution is -2.40. The molecule has 1 aromatic rings. The van der Waals surface area contributed by atoms with E-state index in [4.69, 9.17) is 14.2 Å². The highest BCUT2D eigenvalue weighted by molar-refractivity contribution is 5.96. The zero-order chi connectivity index (χ0) is 17.5. The smallest absolute Gasteiger partial charge is 0.416 e. The van der Waals surface area contributed by atoms with E-state index in [0.29, 0.717) is 11.4 Å². The standard InChI is InChI=1S/C16H20N2O6/c1-3-23-15(20)13(10-14(19)18-8-9-24-16(18)21)17-11-4-6-12(22-2)7-5-11/h4-7,13,17H,3,8-10H2,1-2H3. The second-order valence-electron chi connectivity index (χ2n) is 5.04. The minimum absolute atomic E-state index is 0.167. The summed E-state index contributed by atoms with van der Waals surface area (Å²) in [7, 11) is 1.55. The first kappa shape index (κ1) is 17.6. The van der Waals surface area contributed by atoms with Crippen molar-refractivity contribution in [3.8, 4) is 5.75 Å². The van der Waals surface area contributed by atoms with Gasteiger partial charge in [0, 0.05) is 5.69 Å². The molecule has 0 radical (unpaired) electrons. The largest absolute Gasteiger partial charge is 0.497 e. The maximum absolute atomic E-state index is 12.2. The van der Waals surface area contributed by atoms with Gasteiger partial charge in [-0.15, -0.1) is 0 Å². The molecule has 8 nitrogen and oxygen atoms in total. The van der Waals surface area contributed by atoms with E-state index in [9.17, 15) is 14.4 Å². The fourth-order valence-electron chi connectivity index (χ4n) is 2.23. The average molecular weight is 336 g/mol. The minimum Gasteiger partial charge on any atom is -0.497 e. The van der Waals surface area contributed by atoms with Gasteiger partial charge in [-0.1, -0.05) is 0 Å². The Morgan fingerprint density at radius 1 is 1.33 bits per heavy atom. The Kier molecular flexibility index (Phi) is 6.00. The molecule has 0 bridgehead atoms. The van der Waals surface area contributed by atoms with E-state index >= 15 is 0 Å². The predicted octanol–water partition coefficient (Wildman–Crippen LogP) is 1.41. The Labute approximate surface area is 139 Å². The van der Waals surface area contributed by atoms with Crippen molar-refractivity contribution in [3.63, 3.8) is 0 Å². The zero-order valence-electron chi connectivity index (χ0n) is 13.6. The molecule has 1 unspecified atom stereocenters. The van der Waals surface area contributed by atoms with Gasteiger partial charge in [0.2, 0.25) is 5.91 Å². The number of esters is 1. The molecular weight excluding hydrogens is 316 g/mol. The van der Waals surface area contributed by atoms with Crippen LogP contribution in [0.3, 0.4) is 0 Å². The topological polar surface area (TPSA) is 94.2 Å². The summed E-state index contributed by atoms with van der Waals surface area (Å²) in [6.45, 7) is 2.23. The van der Waals surface area contributed by atoms with E-state index in [1.54, 1.807) is 38.3 Å². The fraction of sp³-hybridized carbons (Fsp3) is 0.438. The molecule has 1 N–H and O–H groups in total. The number of ether oxygens (including phenoxy) is 3. The van der Waals surface area contributed by atoms with Gasteiger partial charge in [0.05, 0.1) is 26.7 Å². The lowest BCUT2D eigenvalue weighted by atomic mass is 10.1. The van der Waals surface area contributed by atoms with Crippen LogP contribution in [-0.2, 0) is 19.1 Å². The molecule has 1 aromatic carbocycles. The number of nitrogens with zero attached hydrogens (tertiary/aromatic N) is 1. The summed E-state index contributed by atoms with van der Waals surface area (Å²) in [4.78, 5) is 36.8. The molecular formula is C16H20N2O6. The molecule has 0 saturated carbocycles. The van der Waals surface area contributed by atoms with Gasteiger partial charge in [-0.05, 0) is 31.2 Å². The van der Waals surface area contributed by atoms with Crippen molar-refractivity contribution in [3.05, 3.63) is 24.3 Å². The number of imide groups is 1. The van der Waals surface area contributed by atoms with Crippen LogP contribution in [0, 0.1) is 0 Å². The quantitative estimate of drug-likeness (QED) is 0.752. The fourth-order valence-corrected chi connectivity index (χ4v) is 2.23. The number of carbonyl (C=O) groups excluding carboxylic acids is 3. The molecule has 130 valence electrons. The summed E-state index contributed by atoms with van der Waals surface area (Å²) in [5.41, 5.74) is 0.630. The number of cyclic esters (lactones) is 1. The summed E-state index contributed by atoms with van der Waals surface area (Å²) >= 11 is 0. The van der Waals surface area contributed by atoms with Gasteiger partial charge in [-0.2, -0.15) is 0 Å². The normalized spacial score (nSPS) is 14.8. The van der Waals surface area contributed by atoms with E-state index < -0.39 is 24.0 Å². The molecule has 0 aliphatic carbocycles. The first-order valence-corrected chi connectivity index (χ1v) is 7.59. The van der Waals surface area contributed by atoms with Crippen molar-refractivity contribution in [2.75, 3.05) is 32.2 Å². The Morgan fingerprint density at radius 3 is 2.58 bits per heavy atom. The summed E-state index contributed by atoms with van der Waals surface area (Å²) < 4.78 is 14.8. The highest BCUT2D eigenvalue weighted by Crippen LogP contribution is 2.18. The van der Waals surface area contributed by atoms with Crippen LogP contribution < -0.4 is 10.1 Å². The number of amides is 2. The van der Waals surface area contributed by atoms with Crippen molar-refractivity contribution in [2.24, 2.45) is 0 Å². The van der Waals surface area contributed by atoms with Crippen LogP contribution in [0.25, 0.3) is 0 Å². The highest BCUT2D eigenvalue weighted by Gasteiger charge is 2.32. The average Bonchev–Trinajstić information content (AvgIpc) is 3.01. The van der Waals surface area contributed by atoms with E-state index in [1.165, 1.54) is 0 Å². The summed E-state index contributed by atoms with van der Waals surface area (Å²) in [5, 5.41) is 2.95. The van der Waals surface area contributed by atoms with Gasteiger partial charge >= 0.3 is 12.1 Å². The third kappa shape index (κ3) is 4.37. The Hall–Kier alpha value is -2.77. The molecule has 0 spiro atoms. The van der Waals surface area contributed by atoms with Crippen molar-refractivity contribution < 1.29 is 28.6 Å². The zero-order valence-corrected chi connectivity index (χ0v) is 13.6. The van der Waals surface area contributed by atoms with Crippen LogP contribution in [-0.4, -0.2) is 55.8 Å². The molecule has 1 aliphatic heterocycles. The first-order chi connectivity index (χ1) is 11.5. The number of nitrogens with one attached hydrogen (secondary N) is 1. The number of hydrogen-bond acceptors (Lipinski definition) is 7. The highest BCUT2D eigenvalue weighted by atomic mass is 16.6.